The summed E-state index contributed by atoms with van der Waals surface area (Å²) in [5.74, 6) is 2.80. The van der Waals surface area contributed by atoms with E-state index < -0.39 is 5.60 Å². The van der Waals surface area contributed by atoms with Gasteiger partial charge in [-0.15, -0.1) is 0 Å². The molecule has 0 aromatic carbocycles. The van der Waals surface area contributed by atoms with E-state index in [1.807, 2.05) is 0 Å². The van der Waals surface area contributed by atoms with Crippen LogP contribution in [0.25, 0.3) is 0 Å². The fourth-order valence-electron chi connectivity index (χ4n) is 7.05. The predicted molar refractivity (Wildman–Crippen MR) is 97.8 cm³/mol. The van der Waals surface area contributed by atoms with E-state index in [1.165, 1.54) is 5.57 Å². The Labute approximate surface area is 151 Å². The SMILES string of the molecule is COC1=CC2=CC[C@@H]3[C@H](CC[C@]4(C)[C@H]3CC[C@]4(O)C(C)=O)[C@@]2(C)CC1. The number of hydrogen-bond acceptors (Lipinski definition) is 3. The van der Waals surface area contributed by atoms with Gasteiger partial charge >= 0.3 is 0 Å². The van der Waals surface area contributed by atoms with Crippen LogP contribution in [0.2, 0.25) is 0 Å². The van der Waals surface area contributed by atoms with Crippen LogP contribution in [0.15, 0.2) is 23.5 Å². The Morgan fingerprint density at radius 1 is 1.20 bits per heavy atom. The number of ether oxygens (including phenoxy) is 1. The summed E-state index contributed by atoms with van der Waals surface area (Å²) in [4.78, 5) is 12.3. The molecule has 0 bridgehead atoms. The van der Waals surface area contributed by atoms with Crippen molar-refractivity contribution in [3.8, 4) is 0 Å². The zero-order valence-electron chi connectivity index (χ0n) is 16.1. The Morgan fingerprint density at radius 3 is 2.60 bits per heavy atom. The topological polar surface area (TPSA) is 46.5 Å². The number of Topliss-reactive ketones (excluding diaryl/α,β-unsaturated/α-hetero) is 1. The molecule has 4 aliphatic rings. The number of rotatable bonds is 2. The maximum absolute atomic E-state index is 12.3. The van der Waals surface area contributed by atoms with Gasteiger partial charge in [0.25, 0.3) is 0 Å². The quantitative estimate of drug-likeness (QED) is 0.807. The number of methoxy groups -OCH3 is 1. The number of fused-ring (bicyclic) bond motifs is 5. The van der Waals surface area contributed by atoms with Crippen molar-refractivity contribution in [3.05, 3.63) is 23.5 Å². The fourth-order valence-corrected chi connectivity index (χ4v) is 7.05. The first kappa shape index (κ1) is 17.3. The van der Waals surface area contributed by atoms with Crippen LogP contribution < -0.4 is 0 Å². The number of hydrogen-bond donors (Lipinski definition) is 1. The van der Waals surface area contributed by atoms with Gasteiger partial charge in [0.15, 0.2) is 5.78 Å². The fraction of sp³-hybridized carbons (Fsp3) is 0.773. The van der Waals surface area contributed by atoms with E-state index in [9.17, 15) is 9.90 Å². The largest absolute Gasteiger partial charge is 0.501 e. The van der Waals surface area contributed by atoms with Gasteiger partial charge in [-0.05, 0) is 80.3 Å². The van der Waals surface area contributed by atoms with Gasteiger partial charge < -0.3 is 9.84 Å². The van der Waals surface area contributed by atoms with Crippen LogP contribution >= 0.6 is 0 Å². The molecule has 0 aliphatic heterocycles. The highest BCUT2D eigenvalue weighted by molar-refractivity contribution is 5.86. The third-order valence-corrected chi connectivity index (χ3v) is 8.73. The van der Waals surface area contributed by atoms with Gasteiger partial charge in [0.1, 0.15) is 5.60 Å². The van der Waals surface area contributed by atoms with Gasteiger partial charge in [-0.2, -0.15) is 0 Å². The van der Waals surface area contributed by atoms with E-state index in [4.69, 9.17) is 4.74 Å². The third kappa shape index (κ3) is 2.11. The number of carbonyl (C=O) groups excluding carboxylic acids is 1. The van der Waals surface area contributed by atoms with Crippen molar-refractivity contribution in [2.75, 3.05) is 7.11 Å². The molecule has 0 saturated heterocycles. The van der Waals surface area contributed by atoms with Crippen molar-refractivity contribution < 1.29 is 14.6 Å². The van der Waals surface area contributed by atoms with Crippen LogP contribution in [-0.4, -0.2) is 23.6 Å². The molecule has 2 saturated carbocycles. The summed E-state index contributed by atoms with van der Waals surface area (Å²) in [6.45, 7) is 6.21. The third-order valence-electron chi connectivity index (χ3n) is 8.73. The van der Waals surface area contributed by atoms with Gasteiger partial charge in [-0.25, -0.2) is 0 Å². The van der Waals surface area contributed by atoms with E-state index in [1.54, 1.807) is 14.0 Å². The first-order valence-electron chi connectivity index (χ1n) is 9.95. The lowest BCUT2D eigenvalue weighted by Gasteiger charge is -2.57. The second kappa shape index (κ2) is 5.45. The Bertz CT molecular complexity index is 662. The molecule has 0 amide bonds. The summed E-state index contributed by atoms with van der Waals surface area (Å²) < 4.78 is 5.51. The van der Waals surface area contributed by atoms with Crippen molar-refractivity contribution in [1.82, 2.24) is 0 Å². The van der Waals surface area contributed by atoms with E-state index in [0.717, 1.165) is 44.3 Å². The molecule has 3 nitrogen and oxygen atoms in total. The normalized spacial score (nSPS) is 48.6. The van der Waals surface area contributed by atoms with Crippen molar-refractivity contribution in [1.29, 1.82) is 0 Å². The minimum atomic E-state index is -1.11. The molecule has 2 fully saturated rings. The molecule has 6 atom stereocenters. The van der Waals surface area contributed by atoms with Gasteiger partial charge in [0, 0.05) is 11.8 Å². The van der Waals surface area contributed by atoms with Crippen molar-refractivity contribution in [3.63, 3.8) is 0 Å². The summed E-state index contributed by atoms with van der Waals surface area (Å²) in [7, 11) is 1.77. The molecule has 1 N–H and O–H groups in total. The molecular formula is C22H32O3. The van der Waals surface area contributed by atoms with Crippen LogP contribution in [0.1, 0.15) is 65.7 Å². The van der Waals surface area contributed by atoms with E-state index in [-0.39, 0.29) is 16.6 Å². The second-order valence-corrected chi connectivity index (χ2v) is 9.42. The molecule has 0 aromatic rings. The molecule has 0 aromatic heterocycles. The van der Waals surface area contributed by atoms with Crippen LogP contribution in [0.4, 0.5) is 0 Å². The number of aliphatic hydroxyl groups is 1. The molecule has 25 heavy (non-hydrogen) atoms. The highest BCUT2D eigenvalue weighted by Gasteiger charge is 2.65. The zero-order chi connectivity index (χ0) is 18.0. The average molecular weight is 344 g/mol. The van der Waals surface area contributed by atoms with E-state index >= 15 is 0 Å². The number of ketones is 1. The smallest absolute Gasteiger partial charge is 0.161 e. The Hall–Kier alpha value is -1.09. The Balaban J connectivity index is 1.70. The van der Waals surface area contributed by atoms with Crippen molar-refractivity contribution >= 4 is 5.78 Å². The van der Waals surface area contributed by atoms with Crippen LogP contribution in [0.5, 0.6) is 0 Å². The second-order valence-electron chi connectivity index (χ2n) is 9.42. The molecular weight excluding hydrogens is 312 g/mol. The highest BCUT2D eigenvalue weighted by atomic mass is 16.5. The molecule has 0 radical (unpaired) electrons. The van der Waals surface area contributed by atoms with Gasteiger partial charge in [0.05, 0.1) is 12.9 Å². The molecule has 0 spiro atoms. The Morgan fingerprint density at radius 2 is 1.92 bits per heavy atom. The molecule has 3 heteroatoms. The number of carbonyl (C=O) groups is 1. The minimum Gasteiger partial charge on any atom is -0.501 e. The summed E-state index contributed by atoms with van der Waals surface area (Å²) in [5.41, 5.74) is 0.330. The lowest BCUT2D eigenvalue weighted by Crippen LogP contribution is -2.56. The maximum Gasteiger partial charge on any atom is 0.161 e. The van der Waals surface area contributed by atoms with Gasteiger partial charge in [-0.3, -0.25) is 4.79 Å². The first-order chi connectivity index (χ1) is 11.8. The lowest BCUT2D eigenvalue weighted by atomic mass is 9.47. The summed E-state index contributed by atoms with van der Waals surface area (Å²) in [5, 5.41) is 11.2. The first-order valence-corrected chi connectivity index (χ1v) is 9.95. The summed E-state index contributed by atoms with van der Waals surface area (Å²) in [6, 6.07) is 0. The molecule has 0 unspecified atom stereocenters. The predicted octanol–water partition coefficient (Wildman–Crippen LogP) is 4.41. The minimum absolute atomic E-state index is 0.0282. The van der Waals surface area contributed by atoms with Crippen LogP contribution in [0.3, 0.4) is 0 Å². The number of allylic oxidation sites excluding steroid dienone is 4. The van der Waals surface area contributed by atoms with Gasteiger partial charge in [0.2, 0.25) is 0 Å². The Kier molecular flexibility index (Phi) is 3.78. The van der Waals surface area contributed by atoms with E-state index in [0.29, 0.717) is 24.2 Å². The summed E-state index contributed by atoms with van der Waals surface area (Å²) >= 11 is 0. The zero-order valence-corrected chi connectivity index (χ0v) is 16.1. The van der Waals surface area contributed by atoms with E-state index in [2.05, 4.69) is 26.0 Å². The molecule has 4 aliphatic carbocycles. The molecule has 0 heterocycles. The molecule has 4 rings (SSSR count). The van der Waals surface area contributed by atoms with Gasteiger partial charge in [-0.1, -0.05) is 19.9 Å². The monoisotopic (exact) mass is 344 g/mol. The van der Waals surface area contributed by atoms with Crippen LogP contribution in [0, 0.1) is 28.6 Å². The lowest BCUT2D eigenvalue weighted by molar-refractivity contribution is -0.158. The maximum atomic E-state index is 12.3. The van der Waals surface area contributed by atoms with Crippen molar-refractivity contribution in [2.24, 2.45) is 28.6 Å². The summed E-state index contributed by atoms with van der Waals surface area (Å²) in [6.07, 6.45) is 11.7. The van der Waals surface area contributed by atoms with Crippen LogP contribution in [-0.2, 0) is 9.53 Å². The standard InChI is InChI=1S/C22H32O3/c1-14(23)22(24)12-9-19-17-6-5-15-13-16(25-4)7-10-20(15,2)18(17)8-11-21(19,22)3/h5,13,17-19,24H,6-12H2,1-4H3/t17-,18+,19+,20+,21-,22+/m1/s1. The average Bonchev–Trinajstić information content (AvgIpc) is 2.87. The highest BCUT2D eigenvalue weighted by Crippen LogP contribution is 2.67. The molecule has 138 valence electrons. The van der Waals surface area contributed by atoms with Crippen molar-refractivity contribution in [2.45, 2.75) is 71.3 Å².